The highest BCUT2D eigenvalue weighted by molar-refractivity contribution is 5.39. The topological polar surface area (TPSA) is 38.7 Å². The number of rotatable bonds is 3. The van der Waals surface area contributed by atoms with Gasteiger partial charge < -0.3 is 31.6 Å². The molecular weight excluding hydrogens is 296 g/mol. The molecule has 18 heavy (non-hydrogen) atoms. The summed E-state index contributed by atoms with van der Waals surface area (Å²) in [5.41, 5.74) is 1.05. The molecule has 1 aliphatic carbocycles. The predicted octanol–water partition coefficient (Wildman–Crippen LogP) is -0.459. The standard InChI is InChI=1S/C14H20O3.BrH/c1-5-14-7-6-11(15)8-12(14)17-13(9(14)2)10(3)16-4;/h6-7,11-12,15H,3,5,8H2,1-2,4H3;1H/p-1/t11-,12-,14?;/m1./s1. The highest BCUT2D eigenvalue weighted by Gasteiger charge is 2.48. The van der Waals surface area contributed by atoms with Gasteiger partial charge in [-0.3, -0.25) is 0 Å². The number of hydrogen-bond acceptors (Lipinski definition) is 3. The van der Waals surface area contributed by atoms with Gasteiger partial charge in [-0.2, -0.15) is 0 Å². The Morgan fingerprint density at radius 2 is 2.33 bits per heavy atom. The molecule has 0 saturated heterocycles. The van der Waals surface area contributed by atoms with E-state index in [0.29, 0.717) is 12.2 Å². The molecule has 0 aromatic carbocycles. The zero-order chi connectivity index (χ0) is 12.6. The summed E-state index contributed by atoms with van der Waals surface area (Å²) in [6.07, 6.45) is 5.11. The van der Waals surface area contributed by atoms with Crippen molar-refractivity contribution >= 4 is 0 Å². The predicted molar refractivity (Wildman–Crippen MR) is 66.2 cm³/mol. The van der Waals surface area contributed by atoms with Crippen molar-refractivity contribution in [3.05, 3.63) is 35.8 Å². The molecule has 1 N–H and O–H groups in total. The molecule has 1 heterocycles. The fourth-order valence-electron chi connectivity index (χ4n) is 2.84. The van der Waals surface area contributed by atoms with Crippen LogP contribution in [0.3, 0.4) is 0 Å². The average Bonchev–Trinajstić information content (AvgIpc) is 2.62. The minimum absolute atomic E-state index is 0. The van der Waals surface area contributed by atoms with Crippen LogP contribution in [0.4, 0.5) is 0 Å². The number of hydrogen-bond donors (Lipinski definition) is 1. The Bertz CT molecular complexity index is 400. The SMILES string of the molecule is C=C(OC)C1=C(C)C2(CC)C=C[C@@H](O)C[C@H]2O1.[Br-]. The van der Waals surface area contributed by atoms with Crippen LogP contribution in [0.25, 0.3) is 0 Å². The van der Waals surface area contributed by atoms with Crippen molar-refractivity contribution in [2.24, 2.45) is 5.41 Å². The first-order valence-corrected chi connectivity index (χ1v) is 6.04. The second-order valence-electron chi connectivity index (χ2n) is 4.74. The van der Waals surface area contributed by atoms with E-state index < -0.39 is 6.10 Å². The van der Waals surface area contributed by atoms with Crippen molar-refractivity contribution in [1.82, 2.24) is 0 Å². The molecular formula is C14H20BrO3-. The molecule has 0 fully saturated rings. The van der Waals surface area contributed by atoms with E-state index in [9.17, 15) is 5.11 Å². The van der Waals surface area contributed by atoms with E-state index in [0.717, 1.165) is 17.8 Å². The number of halogens is 1. The third-order valence-electron chi connectivity index (χ3n) is 4.03. The van der Waals surface area contributed by atoms with Gasteiger partial charge in [-0.05, 0) is 18.9 Å². The van der Waals surface area contributed by atoms with E-state index in [1.165, 1.54) is 0 Å². The maximum atomic E-state index is 9.70. The van der Waals surface area contributed by atoms with Crippen molar-refractivity contribution in [3.63, 3.8) is 0 Å². The monoisotopic (exact) mass is 315 g/mol. The second-order valence-corrected chi connectivity index (χ2v) is 4.74. The first kappa shape index (κ1) is 15.3. The molecule has 0 amide bonds. The van der Waals surface area contributed by atoms with E-state index in [4.69, 9.17) is 9.47 Å². The van der Waals surface area contributed by atoms with Crippen molar-refractivity contribution in [2.45, 2.75) is 38.9 Å². The van der Waals surface area contributed by atoms with Crippen LogP contribution in [-0.4, -0.2) is 24.4 Å². The molecule has 1 aliphatic heterocycles. The summed E-state index contributed by atoms with van der Waals surface area (Å²) < 4.78 is 11.1. The van der Waals surface area contributed by atoms with Gasteiger partial charge in [0.1, 0.15) is 6.10 Å². The Labute approximate surface area is 119 Å². The Morgan fingerprint density at radius 1 is 1.67 bits per heavy atom. The minimum Gasteiger partial charge on any atom is -1.00 e. The Hall–Kier alpha value is -0.740. The molecule has 2 aliphatic rings. The zero-order valence-electron chi connectivity index (χ0n) is 11.1. The molecule has 102 valence electrons. The maximum absolute atomic E-state index is 9.70. The normalized spacial score (nSPS) is 33.6. The summed E-state index contributed by atoms with van der Waals surface area (Å²) >= 11 is 0. The van der Waals surface area contributed by atoms with Gasteiger partial charge in [-0.15, -0.1) is 0 Å². The molecule has 0 aromatic rings. The van der Waals surface area contributed by atoms with Gasteiger partial charge in [-0.1, -0.05) is 25.7 Å². The minimum atomic E-state index is -0.414. The zero-order valence-corrected chi connectivity index (χ0v) is 12.7. The van der Waals surface area contributed by atoms with E-state index in [-0.39, 0.29) is 28.5 Å². The van der Waals surface area contributed by atoms with Crippen LogP contribution in [0.15, 0.2) is 35.8 Å². The highest BCUT2D eigenvalue weighted by atomic mass is 79.9. The fourth-order valence-corrected chi connectivity index (χ4v) is 2.84. The molecule has 3 atom stereocenters. The van der Waals surface area contributed by atoms with Crippen molar-refractivity contribution in [3.8, 4) is 0 Å². The third-order valence-corrected chi connectivity index (χ3v) is 4.03. The molecule has 3 nitrogen and oxygen atoms in total. The lowest BCUT2D eigenvalue weighted by Gasteiger charge is -2.35. The number of fused-ring (bicyclic) bond motifs is 1. The molecule has 1 unspecified atom stereocenters. The van der Waals surface area contributed by atoms with Crippen LogP contribution in [0, 0.1) is 5.41 Å². The van der Waals surface area contributed by atoms with Crippen LogP contribution in [-0.2, 0) is 9.47 Å². The van der Waals surface area contributed by atoms with Crippen LogP contribution >= 0.6 is 0 Å². The van der Waals surface area contributed by atoms with Gasteiger partial charge in [0.05, 0.1) is 13.2 Å². The number of methoxy groups -OCH3 is 1. The highest BCUT2D eigenvalue weighted by Crippen LogP contribution is 2.51. The summed E-state index contributed by atoms with van der Waals surface area (Å²) in [5, 5.41) is 9.70. The quantitative estimate of drug-likeness (QED) is 0.566. The van der Waals surface area contributed by atoms with Gasteiger partial charge >= 0.3 is 0 Å². The van der Waals surface area contributed by atoms with E-state index >= 15 is 0 Å². The number of aliphatic hydroxyl groups excluding tert-OH is 1. The largest absolute Gasteiger partial charge is 1.00 e. The molecule has 0 aromatic heterocycles. The summed E-state index contributed by atoms with van der Waals surface area (Å²) in [5.74, 6) is 1.31. The van der Waals surface area contributed by atoms with Crippen LogP contribution in [0.5, 0.6) is 0 Å². The summed E-state index contributed by atoms with van der Waals surface area (Å²) in [4.78, 5) is 0. The third kappa shape index (κ3) is 2.12. The molecule has 0 spiro atoms. The van der Waals surface area contributed by atoms with Gasteiger partial charge in [0.15, 0.2) is 11.5 Å². The van der Waals surface area contributed by atoms with Crippen molar-refractivity contribution in [1.29, 1.82) is 0 Å². The fraction of sp³-hybridized carbons (Fsp3) is 0.571. The first-order valence-electron chi connectivity index (χ1n) is 6.04. The summed E-state index contributed by atoms with van der Waals surface area (Å²) in [7, 11) is 1.59. The lowest BCUT2D eigenvalue weighted by molar-refractivity contribution is -0.0000134. The number of aliphatic hydroxyl groups is 1. The van der Waals surface area contributed by atoms with Crippen molar-refractivity contribution < 1.29 is 31.6 Å². The average molecular weight is 316 g/mol. The first-order chi connectivity index (χ1) is 8.05. The summed E-state index contributed by atoms with van der Waals surface area (Å²) in [6.45, 7) is 8.06. The van der Waals surface area contributed by atoms with Crippen LogP contribution in [0.1, 0.15) is 26.7 Å². The Kier molecular flexibility index (Phi) is 4.67. The van der Waals surface area contributed by atoms with Gasteiger partial charge in [-0.25, -0.2) is 0 Å². The number of ether oxygens (including phenoxy) is 2. The van der Waals surface area contributed by atoms with E-state index in [1.54, 1.807) is 7.11 Å². The summed E-state index contributed by atoms with van der Waals surface area (Å²) in [6, 6.07) is 0. The van der Waals surface area contributed by atoms with Gasteiger partial charge in [0.2, 0.25) is 0 Å². The van der Waals surface area contributed by atoms with E-state index in [1.807, 2.05) is 6.08 Å². The molecule has 0 saturated carbocycles. The Balaban J connectivity index is 0.00000162. The molecule has 4 heteroatoms. The van der Waals surface area contributed by atoms with Crippen LogP contribution in [0.2, 0.25) is 0 Å². The molecule has 0 radical (unpaired) electrons. The van der Waals surface area contributed by atoms with Gasteiger partial charge in [0.25, 0.3) is 0 Å². The lowest BCUT2D eigenvalue weighted by Crippen LogP contribution is -3.00. The smallest absolute Gasteiger partial charge is 0.160 e. The van der Waals surface area contributed by atoms with Crippen LogP contribution < -0.4 is 17.0 Å². The molecule has 2 rings (SSSR count). The van der Waals surface area contributed by atoms with Crippen molar-refractivity contribution in [2.75, 3.05) is 7.11 Å². The van der Waals surface area contributed by atoms with Gasteiger partial charge in [0, 0.05) is 11.8 Å². The lowest BCUT2D eigenvalue weighted by atomic mass is 9.70. The Morgan fingerprint density at radius 3 is 2.89 bits per heavy atom. The maximum Gasteiger partial charge on any atom is 0.160 e. The van der Waals surface area contributed by atoms with E-state index in [2.05, 4.69) is 26.5 Å². The molecule has 0 bridgehead atoms. The second kappa shape index (κ2) is 5.49.